The smallest absolute Gasteiger partial charge is 0.357 e. The summed E-state index contributed by atoms with van der Waals surface area (Å²) < 4.78 is 15.3. The molecule has 1 aliphatic heterocycles. The third-order valence-corrected chi connectivity index (χ3v) is 5.94. The molecule has 1 aliphatic rings. The summed E-state index contributed by atoms with van der Waals surface area (Å²) in [6, 6.07) is 0. The van der Waals surface area contributed by atoms with Gasteiger partial charge in [-0.2, -0.15) is 0 Å². The van der Waals surface area contributed by atoms with Crippen molar-refractivity contribution in [2.24, 2.45) is 5.41 Å². The number of hydrogen-bond acceptors (Lipinski definition) is 9. The summed E-state index contributed by atoms with van der Waals surface area (Å²) in [5.74, 6) is -3.19. The number of β-lactam (4-membered cyclic amide) rings is 1. The van der Waals surface area contributed by atoms with Gasteiger partial charge in [-0.05, 0) is 46.6 Å². The average molecular weight is 478 g/mol. The van der Waals surface area contributed by atoms with E-state index in [9.17, 15) is 24.0 Å². The minimum absolute atomic E-state index is 0.0867. The molecular formula is C20H28ClNO8S. The average Bonchev–Trinajstić information content (AvgIpc) is 2.66. The number of likely N-dealkylation sites (tertiary alicyclic amines) is 1. The maximum atomic E-state index is 13.1. The molecule has 11 heteroatoms. The summed E-state index contributed by atoms with van der Waals surface area (Å²) in [4.78, 5) is 62.3. The molecule has 0 N–H and O–H groups in total. The Morgan fingerprint density at radius 3 is 2.13 bits per heavy atom. The van der Waals surface area contributed by atoms with Gasteiger partial charge in [0.15, 0.2) is 0 Å². The highest BCUT2D eigenvalue weighted by Crippen LogP contribution is 2.47. The minimum atomic E-state index is -1.61. The first-order valence-corrected chi connectivity index (χ1v) is 10.9. The van der Waals surface area contributed by atoms with Gasteiger partial charge in [0.05, 0.1) is 11.3 Å². The monoisotopic (exact) mass is 477 g/mol. The van der Waals surface area contributed by atoms with E-state index >= 15 is 0 Å². The maximum Gasteiger partial charge on any atom is 0.357 e. The minimum Gasteiger partial charge on any atom is -0.446 e. The van der Waals surface area contributed by atoms with E-state index in [-0.39, 0.29) is 18.0 Å². The van der Waals surface area contributed by atoms with Crippen LogP contribution in [-0.4, -0.2) is 57.5 Å². The highest BCUT2D eigenvalue weighted by molar-refractivity contribution is 8.14. The lowest BCUT2D eigenvalue weighted by molar-refractivity contribution is -0.196. The normalized spacial score (nSPS) is 20.5. The van der Waals surface area contributed by atoms with Gasteiger partial charge in [0.2, 0.25) is 17.5 Å². The molecule has 0 bridgehead atoms. The van der Waals surface area contributed by atoms with Crippen molar-refractivity contribution in [2.45, 2.75) is 65.9 Å². The first-order valence-electron chi connectivity index (χ1n) is 9.53. The number of thioether (sulfide) groups is 1. The van der Waals surface area contributed by atoms with E-state index in [1.807, 2.05) is 0 Å². The van der Waals surface area contributed by atoms with Crippen LogP contribution in [0, 0.1) is 5.41 Å². The predicted molar refractivity (Wildman–Crippen MR) is 114 cm³/mol. The van der Waals surface area contributed by atoms with Gasteiger partial charge >= 0.3 is 17.9 Å². The Labute approximate surface area is 190 Å². The van der Waals surface area contributed by atoms with E-state index in [1.54, 1.807) is 41.5 Å². The third kappa shape index (κ3) is 6.00. The van der Waals surface area contributed by atoms with Crippen LogP contribution in [0.2, 0.25) is 0 Å². The van der Waals surface area contributed by atoms with Gasteiger partial charge < -0.3 is 14.2 Å². The third-order valence-electron chi connectivity index (χ3n) is 4.32. The number of halogens is 1. The van der Waals surface area contributed by atoms with Gasteiger partial charge in [-0.1, -0.05) is 18.7 Å². The van der Waals surface area contributed by atoms with E-state index in [2.05, 4.69) is 0 Å². The second-order valence-electron chi connectivity index (χ2n) is 8.07. The first-order chi connectivity index (χ1) is 14.2. The fraction of sp³-hybridized carbons (Fsp3) is 0.650. The van der Waals surface area contributed by atoms with Gasteiger partial charge in [-0.25, -0.2) is 4.79 Å². The van der Waals surface area contributed by atoms with Crippen LogP contribution in [0.3, 0.4) is 0 Å². The number of nitrogens with zero attached hydrogens (tertiary/aromatic N) is 1. The number of hydrogen-bond donors (Lipinski definition) is 0. The van der Waals surface area contributed by atoms with Crippen molar-refractivity contribution >= 4 is 52.3 Å². The lowest BCUT2D eigenvalue weighted by Crippen LogP contribution is -2.74. The van der Waals surface area contributed by atoms with Gasteiger partial charge in [0.1, 0.15) is 11.1 Å². The predicted octanol–water partition coefficient (Wildman–Crippen LogP) is 2.75. The summed E-state index contributed by atoms with van der Waals surface area (Å²) in [5.41, 5.74) is -2.12. The summed E-state index contributed by atoms with van der Waals surface area (Å²) in [7, 11) is 0. The number of allylic oxidation sites excluding steroid dienone is 1. The Hall–Kier alpha value is -2.07. The molecule has 0 spiro atoms. The summed E-state index contributed by atoms with van der Waals surface area (Å²) in [6.45, 7) is 10.2. The van der Waals surface area contributed by atoms with Gasteiger partial charge in [-0.3, -0.25) is 24.1 Å². The number of rotatable bonds is 8. The van der Waals surface area contributed by atoms with Crippen molar-refractivity contribution in [3.8, 4) is 0 Å². The molecule has 0 unspecified atom stereocenters. The van der Waals surface area contributed by atoms with Crippen molar-refractivity contribution in [3.05, 3.63) is 11.3 Å². The molecule has 9 nitrogen and oxygen atoms in total. The molecule has 1 rings (SSSR count). The topological polar surface area (TPSA) is 116 Å². The Morgan fingerprint density at radius 1 is 1.13 bits per heavy atom. The molecule has 0 aromatic carbocycles. The van der Waals surface area contributed by atoms with Crippen molar-refractivity contribution in [1.82, 2.24) is 4.90 Å². The second-order valence-corrected chi connectivity index (χ2v) is 9.47. The maximum absolute atomic E-state index is 13.1. The van der Waals surface area contributed by atoms with Gasteiger partial charge in [0.25, 0.3) is 5.91 Å². The second kappa shape index (κ2) is 10.5. The van der Waals surface area contributed by atoms with Crippen molar-refractivity contribution in [1.29, 1.82) is 0 Å². The summed E-state index contributed by atoms with van der Waals surface area (Å²) in [6.07, 6.45) is 0.0867. The molecular weight excluding hydrogens is 450 g/mol. The number of carbonyl (C=O) groups excluding carboxylic acids is 5. The molecule has 31 heavy (non-hydrogen) atoms. The van der Waals surface area contributed by atoms with Crippen LogP contribution in [0.25, 0.3) is 0 Å². The largest absolute Gasteiger partial charge is 0.446 e. The Bertz CT molecular complexity index is 799. The van der Waals surface area contributed by atoms with Crippen LogP contribution in [0.1, 0.15) is 54.9 Å². The zero-order chi connectivity index (χ0) is 24.1. The SMILES string of the molecule is CC[C@@]1(OC(C)=O)C(=O)N(C(C(=O)OCOC(=O)C(C)(C)C)=C(C)C)[C@@H]1SC(=O)CCl. The number of esters is 3. The van der Waals surface area contributed by atoms with E-state index < -0.39 is 52.1 Å². The zero-order valence-electron chi connectivity index (χ0n) is 18.7. The van der Waals surface area contributed by atoms with Crippen molar-refractivity contribution in [3.63, 3.8) is 0 Å². The van der Waals surface area contributed by atoms with Crippen LogP contribution < -0.4 is 0 Å². The van der Waals surface area contributed by atoms with Crippen LogP contribution >= 0.6 is 23.4 Å². The molecule has 174 valence electrons. The van der Waals surface area contributed by atoms with Crippen molar-refractivity contribution in [2.75, 3.05) is 12.7 Å². The Balaban J connectivity index is 3.16. The molecule has 0 saturated carbocycles. The summed E-state index contributed by atoms with van der Waals surface area (Å²) in [5, 5.41) is -1.47. The standard InChI is InChI=1S/C20H28ClNO8S/c1-8-20(30-12(4)23)16(26)22(17(20)31-13(24)9-21)14(11(2)3)15(25)28-10-29-18(27)19(5,6)7/h17H,8-10H2,1-7H3/t17-,20-/m1/s1. The quantitative estimate of drug-likeness (QED) is 0.171. The summed E-state index contributed by atoms with van der Waals surface area (Å²) >= 11 is 6.31. The molecule has 0 aliphatic carbocycles. The lowest BCUT2D eigenvalue weighted by Gasteiger charge is -2.53. The number of alkyl halides is 1. The van der Waals surface area contributed by atoms with Gasteiger partial charge in [0, 0.05) is 6.92 Å². The number of carbonyl (C=O) groups is 5. The van der Waals surface area contributed by atoms with Crippen LogP contribution in [0.4, 0.5) is 0 Å². The molecule has 2 atom stereocenters. The molecule has 1 fully saturated rings. The van der Waals surface area contributed by atoms with Crippen molar-refractivity contribution < 1.29 is 38.2 Å². The lowest BCUT2D eigenvalue weighted by atomic mass is 9.87. The van der Waals surface area contributed by atoms with E-state index in [0.29, 0.717) is 17.3 Å². The van der Waals surface area contributed by atoms with E-state index in [0.717, 1.165) is 11.8 Å². The molecule has 0 aromatic rings. The Kier molecular flexibility index (Phi) is 9.13. The van der Waals surface area contributed by atoms with E-state index in [1.165, 1.54) is 0 Å². The van der Waals surface area contributed by atoms with Crippen LogP contribution in [-0.2, 0) is 38.2 Å². The number of ether oxygens (including phenoxy) is 3. The molecule has 1 saturated heterocycles. The molecule has 0 aromatic heterocycles. The first kappa shape index (κ1) is 27.0. The fourth-order valence-corrected chi connectivity index (χ4v) is 4.11. The van der Waals surface area contributed by atoms with Crippen LogP contribution in [0.15, 0.2) is 11.3 Å². The van der Waals surface area contributed by atoms with Gasteiger partial charge in [-0.15, -0.1) is 11.6 Å². The van der Waals surface area contributed by atoms with E-state index in [4.69, 9.17) is 25.8 Å². The molecule has 1 amide bonds. The molecule has 1 heterocycles. The molecule has 0 radical (unpaired) electrons. The van der Waals surface area contributed by atoms with Crippen LogP contribution in [0.5, 0.6) is 0 Å². The fourth-order valence-electron chi connectivity index (χ4n) is 2.79. The zero-order valence-corrected chi connectivity index (χ0v) is 20.3. The Morgan fingerprint density at radius 2 is 1.71 bits per heavy atom. The highest BCUT2D eigenvalue weighted by Gasteiger charge is 2.65. The highest BCUT2D eigenvalue weighted by atomic mass is 35.5. The number of amides is 1.